The lowest BCUT2D eigenvalue weighted by Crippen LogP contribution is -2.45. The minimum Gasteiger partial charge on any atom is -0.379 e. The number of carbonyl (C=O) groups excluding carboxylic acids is 1. The molecule has 0 radical (unpaired) electrons. The summed E-state index contributed by atoms with van der Waals surface area (Å²) in [6, 6.07) is 0.462. The zero-order valence-corrected chi connectivity index (χ0v) is 11.6. The smallest absolute Gasteiger partial charge is 0.229 e. The number of rotatable bonds is 2. The monoisotopic (exact) mass is 267 g/mol. The first kappa shape index (κ1) is 13.3. The quantitative estimate of drug-likeness (QED) is 0.768. The molecule has 3 rings (SSSR count). The van der Waals surface area contributed by atoms with Gasteiger partial charge in [-0.25, -0.2) is 0 Å². The molecule has 0 spiro atoms. The maximum atomic E-state index is 12.4. The SMILES string of the molecule is NC1COCC1C(=O)N1CCC(N2CCCCC2)C1. The van der Waals surface area contributed by atoms with E-state index in [1.807, 2.05) is 4.90 Å². The van der Waals surface area contributed by atoms with Gasteiger partial charge in [-0.2, -0.15) is 0 Å². The third-order valence-electron chi connectivity index (χ3n) is 4.82. The average Bonchev–Trinajstić information content (AvgIpc) is 3.08. The van der Waals surface area contributed by atoms with Gasteiger partial charge in [-0.3, -0.25) is 9.69 Å². The van der Waals surface area contributed by atoms with Gasteiger partial charge in [-0.15, -0.1) is 0 Å². The molecular formula is C14H25N3O2. The first-order chi connectivity index (χ1) is 9.25. The lowest BCUT2D eigenvalue weighted by molar-refractivity contribution is -0.134. The van der Waals surface area contributed by atoms with Gasteiger partial charge < -0.3 is 15.4 Å². The number of piperidine rings is 1. The van der Waals surface area contributed by atoms with E-state index in [1.165, 1.54) is 32.4 Å². The summed E-state index contributed by atoms with van der Waals surface area (Å²) in [4.78, 5) is 17.0. The molecule has 3 aliphatic heterocycles. The number of likely N-dealkylation sites (tertiary alicyclic amines) is 2. The Bertz CT molecular complexity index is 331. The summed E-state index contributed by atoms with van der Waals surface area (Å²) in [5, 5.41) is 0. The molecule has 3 fully saturated rings. The predicted molar refractivity (Wildman–Crippen MR) is 72.7 cm³/mol. The van der Waals surface area contributed by atoms with Gasteiger partial charge in [0.2, 0.25) is 5.91 Å². The number of nitrogens with zero attached hydrogens (tertiary/aromatic N) is 2. The second-order valence-electron chi connectivity index (χ2n) is 6.13. The maximum absolute atomic E-state index is 12.4. The summed E-state index contributed by atoms with van der Waals surface area (Å²) in [5.41, 5.74) is 5.94. The maximum Gasteiger partial charge on any atom is 0.229 e. The second-order valence-corrected chi connectivity index (χ2v) is 6.13. The Balaban J connectivity index is 1.54. The molecular weight excluding hydrogens is 242 g/mol. The van der Waals surface area contributed by atoms with E-state index in [4.69, 9.17) is 10.5 Å². The van der Waals surface area contributed by atoms with Crippen molar-refractivity contribution in [3.8, 4) is 0 Å². The first-order valence-corrected chi connectivity index (χ1v) is 7.62. The van der Waals surface area contributed by atoms with Gasteiger partial charge in [0.05, 0.1) is 19.1 Å². The van der Waals surface area contributed by atoms with E-state index in [1.54, 1.807) is 0 Å². The number of carbonyl (C=O) groups is 1. The van der Waals surface area contributed by atoms with Gasteiger partial charge in [0.15, 0.2) is 0 Å². The Morgan fingerprint density at radius 2 is 1.89 bits per heavy atom. The minimum absolute atomic E-state index is 0.110. The highest BCUT2D eigenvalue weighted by Crippen LogP contribution is 2.23. The molecule has 3 saturated heterocycles. The van der Waals surface area contributed by atoms with Crippen molar-refractivity contribution in [2.45, 2.75) is 37.8 Å². The Morgan fingerprint density at radius 1 is 1.11 bits per heavy atom. The van der Waals surface area contributed by atoms with E-state index < -0.39 is 0 Å². The molecule has 1 amide bonds. The number of nitrogens with two attached hydrogens (primary N) is 1. The summed E-state index contributed by atoms with van der Waals surface area (Å²) >= 11 is 0. The minimum atomic E-state index is -0.111. The highest BCUT2D eigenvalue weighted by molar-refractivity contribution is 5.80. The lowest BCUT2D eigenvalue weighted by atomic mass is 10.0. The van der Waals surface area contributed by atoms with E-state index in [0.717, 1.165) is 19.5 Å². The van der Waals surface area contributed by atoms with Gasteiger partial charge >= 0.3 is 0 Å². The Kier molecular flexibility index (Phi) is 4.05. The molecule has 3 aliphatic rings. The molecule has 2 N–H and O–H groups in total. The normalized spacial score (nSPS) is 36.9. The molecule has 108 valence electrons. The molecule has 3 atom stereocenters. The lowest BCUT2D eigenvalue weighted by Gasteiger charge is -2.32. The van der Waals surface area contributed by atoms with E-state index in [0.29, 0.717) is 19.3 Å². The molecule has 3 heterocycles. The van der Waals surface area contributed by atoms with Crippen molar-refractivity contribution in [1.82, 2.24) is 9.80 Å². The molecule has 0 aromatic heterocycles. The van der Waals surface area contributed by atoms with Crippen LogP contribution in [0.5, 0.6) is 0 Å². The third kappa shape index (κ3) is 2.78. The van der Waals surface area contributed by atoms with Crippen molar-refractivity contribution in [3.05, 3.63) is 0 Å². The van der Waals surface area contributed by atoms with E-state index in [9.17, 15) is 4.79 Å². The summed E-state index contributed by atoms with van der Waals surface area (Å²) < 4.78 is 5.31. The number of hydrogen-bond acceptors (Lipinski definition) is 4. The van der Waals surface area contributed by atoms with Crippen LogP contribution in [0.3, 0.4) is 0 Å². The molecule has 0 aromatic carbocycles. The first-order valence-electron chi connectivity index (χ1n) is 7.62. The van der Waals surface area contributed by atoms with Crippen molar-refractivity contribution in [2.24, 2.45) is 11.7 Å². The summed E-state index contributed by atoms with van der Waals surface area (Å²) in [6.45, 7) is 5.23. The van der Waals surface area contributed by atoms with E-state index in [-0.39, 0.29) is 17.9 Å². The Morgan fingerprint density at radius 3 is 2.58 bits per heavy atom. The van der Waals surface area contributed by atoms with Crippen LogP contribution in [0.25, 0.3) is 0 Å². The van der Waals surface area contributed by atoms with Gasteiger partial charge in [-0.05, 0) is 32.4 Å². The van der Waals surface area contributed by atoms with Crippen molar-refractivity contribution in [2.75, 3.05) is 39.4 Å². The Hall–Kier alpha value is -0.650. The molecule has 0 aromatic rings. The van der Waals surface area contributed by atoms with Crippen LogP contribution in [0.1, 0.15) is 25.7 Å². The van der Waals surface area contributed by atoms with Crippen LogP contribution >= 0.6 is 0 Å². The molecule has 5 nitrogen and oxygen atoms in total. The number of hydrogen-bond donors (Lipinski definition) is 1. The van der Waals surface area contributed by atoms with Gasteiger partial charge in [-0.1, -0.05) is 6.42 Å². The second kappa shape index (κ2) is 5.77. The average molecular weight is 267 g/mol. The molecule has 3 unspecified atom stereocenters. The van der Waals surface area contributed by atoms with Crippen LogP contribution in [0.15, 0.2) is 0 Å². The summed E-state index contributed by atoms with van der Waals surface area (Å²) in [5.74, 6) is 0.101. The number of ether oxygens (including phenoxy) is 1. The van der Waals surface area contributed by atoms with E-state index in [2.05, 4.69) is 4.90 Å². The highest BCUT2D eigenvalue weighted by atomic mass is 16.5. The summed E-state index contributed by atoms with van der Waals surface area (Å²) in [7, 11) is 0. The van der Waals surface area contributed by atoms with Crippen LogP contribution in [0.2, 0.25) is 0 Å². The largest absolute Gasteiger partial charge is 0.379 e. The van der Waals surface area contributed by atoms with Crippen LogP contribution in [-0.2, 0) is 9.53 Å². The van der Waals surface area contributed by atoms with Crippen LogP contribution in [-0.4, -0.2) is 67.2 Å². The van der Waals surface area contributed by atoms with Crippen LogP contribution in [0, 0.1) is 5.92 Å². The Labute approximate surface area is 115 Å². The standard InChI is InChI=1S/C14H25N3O2/c15-13-10-19-9-12(13)14(18)17-7-4-11(8-17)16-5-2-1-3-6-16/h11-13H,1-10,15H2. The zero-order valence-electron chi connectivity index (χ0n) is 11.6. The molecule has 0 aliphatic carbocycles. The van der Waals surface area contributed by atoms with E-state index >= 15 is 0 Å². The fraction of sp³-hybridized carbons (Fsp3) is 0.929. The van der Waals surface area contributed by atoms with Gasteiger partial charge in [0, 0.05) is 25.2 Å². The number of amides is 1. The van der Waals surface area contributed by atoms with Crippen molar-refractivity contribution < 1.29 is 9.53 Å². The highest BCUT2D eigenvalue weighted by Gasteiger charge is 2.38. The zero-order chi connectivity index (χ0) is 13.2. The predicted octanol–water partition coefficient (Wildman–Crippen LogP) is 0.0469. The van der Waals surface area contributed by atoms with Gasteiger partial charge in [0.25, 0.3) is 0 Å². The fourth-order valence-corrected chi connectivity index (χ4v) is 3.58. The fourth-order valence-electron chi connectivity index (χ4n) is 3.58. The van der Waals surface area contributed by atoms with Crippen molar-refractivity contribution in [3.63, 3.8) is 0 Å². The van der Waals surface area contributed by atoms with Gasteiger partial charge in [0.1, 0.15) is 0 Å². The summed E-state index contributed by atoms with van der Waals surface area (Å²) in [6.07, 6.45) is 5.10. The van der Waals surface area contributed by atoms with Crippen molar-refractivity contribution >= 4 is 5.91 Å². The topological polar surface area (TPSA) is 58.8 Å². The van der Waals surface area contributed by atoms with Crippen LogP contribution in [0.4, 0.5) is 0 Å². The molecule has 19 heavy (non-hydrogen) atoms. The molecule has 5 heteroatoms. The third-order valence-corrected chi connectivity index (χ3v) is 4.82. The molecule has 0 bridgehead atoms. The van der Waals surface area contributed by atoms with Crippen LogP contribution < -0.4 is 5.73 Å². The van der Waals surface area contributed by atoms with Crippen molar-refractivity contribution in [1.29, 1.82) is 0 Å². The molecule has 0 saturated carbocycles.